The van der Waals surface area contributed by atoms with E-state index in [2.05, 4.69) is 106 Å². The van der Waals surface area contributed by atoms with Gasteiger partial charge in [-0.3, -0.25) is 14.4 Å². The second-order valence-electron chi connectivity index (χ2n) is 24.1. The molecule has 6 heteroatoms. The Labute approximate surface area is 515 Å². The Bertz CT molecular complexity index is 1570. The zero-order valence-corrected chi connectivity index (χ0v) is 55.2. The van der Waals surface area contributed by atoms with E-state index < -0.39 is 6.10 Å². The van der Waals surface area contributed by atoms with Crippen LogP contribution in [0, 0.1) is 0 Å². The SMILES string of the molecule is CC/C=C\C/C=C\C/C=C\C/C=C\C/C=C\C/C=C\CCCCCCCCCCC(=O)OCC(COC(=O)CCCCCCC/C=C\CCCCCCCCC)OC(=O)CCCCCCCCCCCCCCCCCCCCCCCC. The molecule has 0 bridgehead atoms. The molecule has 6 nitrogen and oxygen atoms in total. The molecular weight excluding hydrogens is 1020 g/mol. The molecule has 0 N–H and O–H groups in total. The molecule has 0 aromatic heterocycles. The topological polar surface area (TPSA) is 78.9 Å². The van der Waals surface area contributed by atoms with Gasteiger partial charge in [-0.25, -0.2) is 0 Å². The molecule has 0 spiro atoms. The van der Waals surface area contributed by atoms with Gasteiger partial charge in [-0.1, -0.05) is 337 Å². The van der Waals surface area contributed by atoms with E-state index in [1.165, 1.54) is 218 Å². The number of carbonyl (C=O) groups excluding carboxylic acids is 3. The molecule has 0 radical (unpaired) electrons. The third-order valence-electron chi connectivity index (χ3n) is 15.9. The van der Waals surface area contributed by atoms with Gasteiger partial charge in [0.1, 0.15) is 13.2 Å². The fourth-order valence-corrected chi connectivity index (χ4v) is 10.5. The lowest BCUT2D eigenvalue weighted by Gasteiger charge is -2.18. The summed E-state index contributed by atoms with van der Waals surface area (Å²) in [6, 6.07) is 0. The van der Waals surface area contributed by atoms with E-state index in [4.69, 9.17) is 14.2 Å². The molecule has 0 aliphatic rings. The first-order chi connectivity index (χ1) is 41.0. The number of ether oxygens (including phenoxy) is 3. The summed E-state index contributed by atoms with van der Waals surface area (Å²) in [5.41, 5.74) is 0. The standard InChI is InChI=1S/C77H136O6/c1-4-7-10-13-16-19-22-25-28-31-33-35-37-38-39-40-41-43-44-46-49-52-55-58-61-64-67-70-76(79)82-73-74(72-81-75(78)69-66-63-60-57-54-51-48-30-27-24-21-18-15-12-9-6-3)83-77(80)71-68-65-62-59-56-53-50-47-45-42-36-34-32-29-26-23-20-17-14-11-8-5-2/h7,10,16,19,25,28,30,33,35,38-39,41,43,48,74H,4-6,8-9,11-15,17-18,20-24,26-27,29,31-32,34,36-37,40,42,44-47,49-73H2,1-3H3/b10-7-,19-16-,28-25-,35-33-,39-38-,43-41-,48-30-. The van der Waals surface area contributed by atoms with Crippen molar-refractivity contribution in [2.45, 2.75) is 374 Å². The smallest absolute Gasteiger partial charge is 0.306 e. The maximum absolute atomic E-state index is 13.0. The third kappa shape index (κ3) is 69.3. The Morgan fingerprint density at radius 1 is 0.253 bits per heavy atom. The monoisotopic (exact) mass is 1160 g/mol. The number of allylic oxidation sites excluding steroid dienone is 14. The van der Waals surface area contributed by atoms with Crippen LogP contribution in [0.4, 0.5) is 0 Å². The average molecular weight is 1160 g/mol. The van der Waals surface area contributed by atoms with Crippen molar-refractivity contribution < 1.29 is 28.6 Å². The molecule has 0 aromatic carbocycles. The summed E-state index contributed by atoms with van der Waals surface area (Å²) in [7, 11) is 0. The minimum Gasteiger partial charge on any atom is -0.462 e. The fraction of sp³-hybridized carbons (Fsp3) is 0.779. The van der Waals surface area contributed by atoms with E-state index in [0.717, 1.165) is 109 Å². The summed E-state index contributed by atoms with van der Waals surface area (Å²) < 4.78 is 17.0. The van der Waals surface area contributed by atoms with Crippen molar-refractivity contribution in [3.05, 3.63) is 85.1 Å². The van der Waals surface area contributed by atoms with Gasteiger partial charge in [0.25, 0.3) is 0 Å². The van der Waals surface area contributed by atoms with Gasteiger partial charge >= 0.3 is 17.9 Å². The molecular formula is C77H136O6. The maximum atomic E-state index is 13.0. The van der Waals surface area contributed by atoms with Crippen molar-refractivity contribution in [1.82, 2.24) is 0 Å². The Morgan fingerprint density at radius 2 is 0.470 bits per heavy atom. The normalized spacial score (nSPS) is 12.6. The lowest BCUT2D eigenvalue weighted by Crippen LogP contribution is -2.30. The van der Waals surface area contributed by atoms with E-state index in [9.17, 15) is 14.4 Å². The largest absolute Gasteiger partial charge is 0.462 e. The van der Waals surface area contributed by atoms with Gasteiger partial charge in [-0.15, -0.1) is 0 Å². The van der Waals surface area contributed by atoms with Crippen LogP contribution in [0.2, 0.25) is 0 Å². The van der Waals surface area contributed by atoms with Crippen LogP contribution in [0.5, 0.6) is 0 Å². The summed E-state index contributed by atoms with van der Waals surface area (Å²) in [4.78, 5) is 38.5. The highest BCUT2D eigenvalue weighted by Crippen LogP contribution is 2.18. The van der Waals surface area contributed by atoms with Crippen LogP contribution in [0.15, 0.2) is 85.1 Å². The van der Waals surface area contributed by atoms with E-state index in [1.807, 2.05) is 0 Å². The maximum Gasteiger partial charge on any atom is 0.306 e. The molecule has 0 heterocycles. The lowest BCUT2D eigenvalue weighted by atomic mass is 10.0. The van der Waals surface area contributed by atoms with Gasteiger partial charge in [0, 0.05) is 19.3 Å². The molecule has 83 heavy (non-hydrogen) atoms. The van der Waals surface area contributed by atoms with Crippen molar-refractivity contribution >= 4 is 17.9 Å². The van der Waals surface area contributed by atoms with E-state index >= 15 is 0 Å². The van der Waals surface area contributed by atoms with Gasteiger partial charge < -0.3 is 14.2 Å². The van der Waals surface area contributed by atoms with Crippen molar-refractivity contribution in [3.63, 3.8) is 0 Å². The first-order valence-electron chi connectivity index (χ1n) is 36.1. The van der Waals surface area contributed by atoms with Crippen LogP contribution in [0.1, 0.15) is 367 Å². The zero-order valence-electron chi connectivity index (χ0n) is 55.2. The van der Waals surface area contributed by atoms with Gasteiger partial charge in [-0.2, -0.15) is 0 Å². The molecule has 0 amide bonds. The number of hydrogen-bond acceptors (Lipinski definition) is 6. The number of esters is 3. The van der Waals surface area contributed by atoms with Crippen LogP contribution in [0.25, 0.3) is 0 Å². The van der Waals surface area contributed by atoms with Gasteiger partial charge in [0.2, 0.25) is 0 Å². The number of carbonyl (C=O) groups is 3. The van der Waals surface area contributed by atoms with E-state index in [0.29, 0.717) is 19.3 Å². The highest BCUT2D eigenvalue weighted by atomic mass is 16.6. The molecule has 0 saturated heterocycles. The molecule has 0 saturated carbocycles. The summed E-state index contributed by atoms with van der Waals surface area (Å²) in [5.74, 6) is -0.873. The average Bonchev–Trinajstić information content (AvgIpc) is 3.49. The molecule has 0 aliphatic heterocycles. The van der Waals surface area contributed by atoms with Crippen LogP contribution in [-0.2, 0) is 28.6 Å². The number of hydrogen-bond donors (Lipinski definition) is 0. The number of rotatable bonds is 66. The number of unbranched alkanes of at least 4 members (excludes halogenated alkanes) is 41. The Balaban J connectivity index is 4.34. The summed E-state index contributed by atoms with van der Waals surface area (Å²) in [6.07, 6.45) is 94.6. The van der Waals surface area contributed by atoms with Crippen LogP contribution in [-0.4, -0.2) is 37.2 Å². The van der Waals surface area contributed by atoms with E-state index in [1.54, 1.807) is 0 Å². The highest BCUT2D eigenvalue weighted by Gasteiger charge is 2.19. The molecule has 480 valence electrons. The summed E-state index contributed by atoms with van der Waals surface area (Å²) >= 11 is 0. The Hall–Kier alpha value is -3.41. The molecule has 0 aromatic rings. The quantitative estimate of drug-likeness (QED) is 0.0261. The van der Waals surface area contributed by atoms with Crippen molar-refractivity contribution in [1.29, 1.82) is 0 Å². The summed E-state index contributed by atoms with van der Waals surface area (Å²) in [5, 5.41) is 0. The molecule has 0 fully saturated rings. The van der Waals surface area contributed by atoms with Gasteiger partial charge in [-0.05, 0) is 96.3 Å². The predicted octanol–water partition coefficient (Wildman–Crippen LogP) is 25.0. The Morgan fingerprint density at radius 3 is 0.747 bits per heavy atom. The highest BCUT2D eigenvalue weighted by molar-refractivity contribution is 5.71. The van der Waals surface area contributed by atoms with Crippen LogP contribution >= 0.6 is 0 Å². The summed E-state index contributed by atoms with van der Waals surface area (Å²) in [6.45, 7) is 6.57. The molecule has 1 atom stereocenters. The minimum atomic E-state index is -0.784. The van der Waals surface area contributed by atoms with Crippen molar-refractivity contribution in [3.8, 4) is 0 Å². The minimum absolute atomic E-state index is 0.0796. The Kier molecular flexibility index (Phi) is 68.2. The zero-order chi connectivity index (χ0) is 59.9. The molecule has 0 rings (SSSR count). The van der Waals surface area contributed by atoms with Crippen molar-refractivity contribution in [2.24, 2.45) is 0 Å². The van der Waals surface area contributed by atoms with Gasteiger partial charge in [0.05, 0.1) is 0 Å². The van der Waals surface area contributed by atoms with E-state index in [-0.39, 0.29) is 31.1 Å². The van der Waals surface area contributed by atoms with Crippen molar-refractivity contribution in [2.75, 3.05) is 13.2 Å². The third-order valence-corrected chi connectivity index (χ3v) is 15.9. The second-order valence-corrected chi connectivity index (χ2v) is 24.1. The molecule has 1 unspecified atom stereocenters. The first kappa shape index (κ1) is 79.6. The fourth-order valence-electron chi connectivity index (χ4n) is 10.5. The second kappa shape index (κ2) is 71.1. The predicted molar refractivity (Wildman–Crippen MR) is 362 cm³/mol. The van der Waals surface area contributed by atoms with Gasteiger partial charge in [0.15, 0.2) is 6.10 Å². The lowest BCUT2D eigenvalue weighted by molar-refractivity contribution is -0.167. The molecule has 0 aliphatic carbocycles. The first-order valence-corrected chi connectivity index (χ1v) is 36.1. The van der Waals surface area contributed by atoms with Crippen LogP contribution in [0.3, 0.4) is 0 Å². The van der Waals surface area contributed by atoms with Crippen LogP contribution < -0.4 is 0 Å².